The lowest BCUT2D eigenvalue weighted by atomic mass is 10.1. The average Bonchev–Trinajstić information content (AvgIpc) is 3.10. The van der Waals surface area contributed by atoms with Crippen molar-refractivity contribution in [2.45, 2.75) is 38.5 Å². The maximum Gasteiger partial charge on any atom is 0.411 e. The second kappa shape index (κ2) is 5.16. The molecule has 2 atom stereocenters. The number of nitrogens with zero attached hydrogens (tertiary/aromatic N) is 2. The molecular formula is C14H16N2O5. The molecule has 0 unspecified atom stereocenters. The predicted molar refractivity (Wildman–Crippen MR) is 73.8 cm³/mol. The number of nitro benzene ring substituents is 1. The zero-order valence-corrected chi connectivity index (χ0v) is 12.0. The molecule has 1 aliphatic rings. The van der Waals surface area contributed by atoms with E-state index in [0.29, 0.717) is 11.8 Å². The van der Waals surface area contributed by atoms with E-state index in [9.17, 15) is 19.7 Å². The van der Waals surface area contributed by atoms with E-state index in [-0.39, 0.29) is 5.69 Å². The number of hydrogen-bond donors (Lipinski definition) is 0. The van der Waals surface area contributed by atoms with Gasteiger partial charge in [-0.2, -0.15) is 0 Å². The molecule has 1 aliphatic heterocycles. The van der Waals surface area contributed by atoms with Crippen molar-refractivity contribution in [1.82, 2.24) is 4.90 Å². The second-order valence-electron chi connectivity index (χ2n) is 5.78. The number of amides is 1. The summed E-state index contributed by atoms with van der Waals surface area (Å²) in [6.07, 6.45) is -0.0477. The lowest BCUT2D eigenvalue weighted by molar-refractivity contribution is -0.385. The number of hydrogen-bond acceptors (Lipinski definition) is 5. The van der Waals surface area contributed by atoms with E-state index in [0.717, 1.165) is 0 Å². The Balaban J connectivity index is 2.27. The van der Waals surface area contributed by atoms with E-state index in [1.54, 1.807) is 32.9 Å². The number of ether oxygens (including phenoxy) is 1. The van der Waals surface area contributed by atoms with Gasteiger partial charge < -0.3 is 9.53 Å². The topological polar surface area (TPSA) is 89.5 Å². The van der Waals surface area contributed by atoms with E-state index in [1.807, 2.05) is 0 Å². The Morgan fingerprint density at radius 1 is 1.38 bits per heavy atom. The number of carbonyl (C=O) groups is 2. The summed E-state index contributed by atoms with van der Waals surface area (Å²) in [5, 5.41) is 11.0. The number of rotatable bonds is 3. The van der Waals surface area contributed by atoms with Crippen molar-refractivity contribution in [1.29, 1.82) is 0 Å². The molecule has 1 aromatic rings. The largest absolute Gasteiger partial charge is 0.444 e. The molecule has 0 aliphatic carbocycles. The molecule has 1 fully saturated rings. The summed E-state index contributed by atoms with van der Waals surface area (Å²) in [5.41, 5.74) is -0.467. The number of carbonyl (C=O) groups excluding carboxylic acids is 2. The van der Waals surface area contributed by atoms with E-state index >= 15 is 0 Å². The molecule has 0 N–H and O–H groups in total. The fraction of sp³-hybridized carbons (Fsp3) is 0.429. The Labute approximate surface area is 121 Å². The lowest BCUT2D eigenvalue weighted by Gasteiger charge is -2.20. The monoisotopic (exact) mass is 292 g/mol. The maximum atomic E-state index is 12.0. The van der Waals surface area contributed by atoms with Gasteiger partial charge in [-0.3, -0.25) is 15.0 Å². The molecule has 1 heterocycles. The summed E-state index contributed by atoms with van der Waals surface area (Å²) in [7, 11) is 0. The van der Waals surface area contributed by atoms with Crippen LogP contribution in [0.15, 0.2) is 24.3 Å². The van der Waals surface area contributed by atoms with Crippen LogP contribution in [0.2, 0.25) is 0 Å². The highest BCUT2D eigenvalue weighted by atomic mass is 16.6. The maximum absolute atomic E-state index is 12.0. The zero-order valence-electron chi connectivity index (χ0n) is 12.0. The molecular weight excluding hydrogens is 276 g/mol. The molecule has 21 heavy (non-hydrogen) atoms. The van der Waals surface area contributed by atoms with Gasteiger partial charge in [-0.25, -0.2) is 4.79 Å². The molecule has 1 saturated heterocycles. The van der Waals surface area contributed by atoms with Gasteiger partial charge in [0.15, 0.2) is 0 Å². The molecule has 0 spiro atoms. The van der Waals surface area contributed by atoms with Gasteiger partial charge in [0.25, 0.3) is 5.69 Å². The molecule has 1 amide bonds. The summed E-state index contributed by atoms with van der Waals surface area (Å²) in [4.78, 5) is 34.8. The summed E-state index contributed by atoms with van der Waals surface area (Å²) < 4.78 is 5.20. The summed E-state index contributed by atoms with van der Waals surface area (Å²) >= 11 is 0. The third-order valence-corrected chi connectivity index (χ3v) is 3.05. The van der Waals surface area contributed by atoms with Gasteiger partial charge in [-0.1, -0.05) is 12.1 Å². The summed E-state index contributed by atoms with van der Waals surface area (Å²) in [6.45, 7) is 5.14. The van der Waals surface area contributed by atoms with Crippen molar-refractivity contribution >= 4 is 18.1 Å². The first-order chi connectivity index (χ1) is 9.76. The van der Waals surface area contributed by atoms with Crippen LogP contribution in [0.25, 0.3) is 0 Å². The van der Waals surface area contributed by atoms with Crippen LogP contribution in [-0.4, -0.2) is 33.8 Å². The minimum Gasteiger partial charge on any atom is -0.444 e. The third-order valence-electron chi connectivity index (χ3n) is 3.05. The van der Waals surface area contributed by atoms with Crippen LogP contribution in [0.5, 0.6) is 0 Å². The normalized spacial score (nSPS) is 20.8. The standard InChI is InChI=1S/C14H16N2O5/c1-14(2,3)21-13(18)15-11(8-17)12(15)9-6-4-5-7-10(9)16(19)20/h4-8,11-12H,1-3H3/t11-,12-,15?/m0/s1. The number of benzene rings is 1. The Morgan fingerprint density at radius 3 is 2.52 bits per heavy atom. The van der Waals surface area contributed by atoms with Gasteiger partial charge in [0, 0.05) is 6.07 Å². The first kappa shape index (κ1) is 15.0. The van der Waals surface area contributed by atoms with Crippen LogP contribution >= 0.6 is 0 Å². The summed E-state index contributed by atoms with van der Waals surface area (Å²) in [5.74, 6) is 0. The van der Waals surface area contributed by atoms with E-state index < -0.39 is 28.7 Å². The molecule has 2 rings (SSSR count). The SMILES string of the molecule is CC(C)(C)OC(=O)N1[C@@H](C=O)[C@@H]1c1ccccc1[N+](=O)[O-]. The van der Waals surface area contributed by atoms with Crippen LogP contribution in [0.1, 0.15) is 32.4 Å². The van der Waals surface area contributed by atoms with Crippen molar-refractivity contribution in [3.05, 3.63) is 39.9 Å². The van der Waals surface area contributed by atoms with Gasteiger partial charge in [0.05, 0.1) is 16.5 Å². The van der Waals surface area contributed by atoms with Gasteiger partial charge in [0.2, 0.25) is 0 Å². The number of nitro groups is 1. The molecule has 0 aromatic heterocycles. The first-order valence-electron chi connectivity index (χ1n) is 6.46. The molecule has 0 radical (unpaired) electrons. The Bertz CT molecular complexity index is 593. The second-order valence-corrected chi connectivity index (χ2v) is 5.78. The molecule has 7 nitrogen and oxygen atoms in total. The summed E-state index contributed by atoms with van der Waals surface area (Å²) in [6, 6.07) is 4.71. The van der Waals surface area contributed by atoms with Gasteiger partial charge in [-0.05, 0) is 26.8 Å². The Morgan fingerprint density at radius 2 is 2.00 bits per heavy atom. The van der Waals surface area contributed by atoms with Crippen LogP contribution in [0, 0.1) is 10.1 Å². The van der Waals surface area contributed by atoms with Crippen molar-refractivity contribution < 1.29 is 19.2 Å². The van der Waals surface area contributed by atoms with Crippen molar-refractivity contribution in [2.75, 3.05) is 0 Å². The molecule has 7 heteroatoms. The molecule has 1 aromatic carbocycles. The smallest absolute Gasteiger partial charge is 0.411 e. The fourth-order valence-corrected chi connectivity index (χ4v) is 2.18. The molecule has 112 valence electrons. The van der Waals surface area contributed by atoms with Crippen LogP contribution in [0.4, 0.5) is 10.5 Å². The fourth-order valence-electron chi connectivity index (χ4n) is 2.18. The highest BCUT2D eigenvalue weighted by Crippen LogP contribution is 2.46. The van der Waals surface area contributed by atoms with Crippen LogP contribution < -0.4 is 0 Å². The molecule has 0 bridgehead atoms. The van der Waals surface area contributed by atoms with E-state index in [1.165, 1.54) is 17.0 Å². The quantitative estimate of drug-likeness (QED) is 0.369. The Kier molecular flexibility index (Phi) is 3.67. The van der Waals surface area contributed by atoms with Crippen molar-refractivity contribution in [3.8, 4) is 0 Å². The number of aldehydes is 1. The van der Waals surface area contributed by atoms with Gasteiger partial charge in [-0.15, -0.1) is 0 Å². The highest BCUT2D eigenvalue weighted by Gasteiger charge is 2.55. The Hall–Kier alpha value is -2.44. The van der Waals surface area contributed by atoms with Crippen molar-refractivity contribution in [3.63, 3.8) is 0 Å². The van der Waals surface area contributed by atoms with Crippen LogP contribution in [-0.2, 0) is 9.53 Å². The van der Waals surface area contributed by atoms with Gasteiger partial charge in [0.1, 0.15) is 17.9 Å². The minimum atomic E-state index is -0.721. The average molecular weight is 292 g/mol. The van der Waals surface area contributed by atoms with Crippen molar-refractivity contribution in [2.24, 2.45) is 0 Å². The van der Waals surface area contributed by atoms with Gasteiger partial charge >= 0.3 is 6.09 Å². The molecule has 0 saturated carbocycles. The first-order valence-corrected chi connectivity index (χ1v) is 6.46. The number of para-hydroxylation sites is 1. The highest BCUT2D eigenvalue weighted by molar-refractivity contribution is 5.82. The van der Waals surface area contributed by atoms with E-state index in [2.05, 4.69) is 0 Å². The predicted octanol–water partition coefficient (Wildman–Crippen LogP) is 2.45. The minimum absolute atomic E-state index is 0.111. The third kappa shape index (κ3) is 3.01. The van der Waals surface area contributed by atoms with Crippen LogP contribution in [0.3, 0.4) is 0 Å². The zero-order chi connectivity index (χ0) is 15.8. The van der Waals surface area contributed by atoms with E-state index in [4.69, 9.17) is 4.74 Å². The lowest BCUT2D eigenvalue weighted by Crippen LogP contribution is -2.28.